The maximum Gasteiger partial charge on any atom is 0.374 e. The Morgan fingerprint density at radius 3 is 2.70 bits per heavy atom. The van der Waals surface area contributed by atoms with Crippen molar-refractivity contribution in [2.24, 2.45) is 0 Å². The Balaban J connectivity index is 1.96. The van der Waals surface area contributed by atoms with Crippen LogP contribution in [0.25, 0.3) is 11.0 Å². The molecule has 0 aliphatic rings. The summed E-state index contributed by atoms with van der Waals surface area (Å²) in [7, 11) is 0. The average molecular weight is 395 g/mol. The lowest BCUT2D eigenvalue weighted by Crippen LogP contribution is -2.46. The molecule has 2 N–H and O–H groups in total. The molecule has 1 atom stereocenters. The fourth-order valence-corrected chi connectivity index (χ4v) is 2.35. The number of esters is 1. The summed E-state index contributed by atoms with van der Waals surface area (Å²) in [6.07, 6.45) is 0.771. The smallest absolute Gasteiger partial charge is 0.374 e. The van der Waals surface area contributed by atoms with E-state index in [1.54, 1.807) is 0 Å². The molecule has 9 heteroatoms. The van der Waals surface area contributed by atoms with E-state index in [-0.39, 0.29) is 22.6 Å². The molecule has 8 nitrogen and oxygen atoms in total. The largest absolute Gasteiger partial charge is 0.450 e. The summed E-state index contributed by atoms with van der Waals surface area (Å²) in [5.41, 5.74) is -0.291. The minimum Gasteiger partial charge on any atom is -0.450 e. The molecule has 2 amide bonds. The van der Waals surface area contributed by atoms with Crippen LogP contribution in [0.5, 0.6) is 0 Å². The molecular formula is C18H19ClN2O6. The van der Waals surface area contributed by atoms with Gasteiger partial charge in [0.15, 0.2) is 12.0 Å². The number of ether oxygens (including phenoxy) is 1. The zero-order chi connectivity index (χ0) is 20.0. The van der Waals surface area contributed by atoms with Gasteiger partial charge < -0.3 is 19.8 Å². The number of carbonyl (C=O) groups excluding carboxylic acids is 3. The Kier molecular flexibility index (Phi) is 6.95. The summed E-state index contributed by atoms with van der Waals surface area (Å²) < 4.78 is 10.2. The zero-order valence-electron chi connectivity index (χ0n) is 14.8. The summed E-state index contributed by atoms with van der Waals surface area (Å²) in [6.45, 7) is 3.30. The monoisotopic (exact) mass is 394 g/mol. The molecule has 0 saturated carbocycles. The normalized spacial score (nSPS) is 11.7. The molecule has 0 fully saturated rings. The maximum atomic E-state index is 12.1. The summed E-state index contributed by atoms with van der Waals surface area (Å²) in [5.74, 6) is -2.30. The van der Waals surface area contributed by atoms with Crippen LogP contribution in [0.15, 0.2) is 33.5 Å². The van der Waals surface area contributed by atoms with Gasteiger partial charge in [-0.3, -0.25) is 14.4 Å². The first-order valence-corrected chi connectivity index (χ1v) is 8.67. The van der Waals surface area contributed by atoms with Crippen molar-refractivity contribution in [2.75, 3.05) is 13.2 Å². The summed E-state index contributed by atoms with van der Waals surface area (Å²) in [4.78, 5) is 47.6. The number of rotatable bonds is 7. The molecule has 2 aromatic rings. The minimum absolute atomic E-state index is 0.171. The number of benzene rings is 1. The Hall–Kier alpha value is -2.87. The Morgan fingerprint density at radius 2 is 2.00 bits per heavy atom. The average Bonchev–Trinajstić information content (AvgIpc) is 2.64. The number of fused-ring (bicyclic) bond motifs is 1. The van der Waals surface area contributed by atoms with Gasteiger partial charge in [0, 0.05) is 17.6 Å². The van der Waals surface area contributed by atoms with Crippen molar-refractivity contribution < 1.29 is 23.5 Å². The highest BCUT2D eigenvalue weighted by molar-refractivity contribution is 6.31. The number of halogens is 1. The molecule has 1 aromatic heterocycles. The van der Waals surface area contributed by atoms with Gasteiger partial charge in [0.05, 0.1) is 5.39 Å². The van der Waals surface area contributed by atoms with Crippen LogP contribution >= 0.6 is 11.6 Å². The third-order valence-electron chi connectivity index (χ3n) is 3.54. The van der Waals surface area contributed by atoms with Crippen LogP contribution in [0.2, 0.25) is 5.02 Å². The fourth-order valence-electron chi connectivity index (χ4n) is 2.18. The molecule has 0 spiro atoms. The fraction of sp³-hybridized carbons (Fsp3) is 0.333. The van der Waals surface area contributed by atoms with E-state index in [2.05, 4.69) is 10.6 Å². The van der Waals surface area contributed by atoms with Gasteiger partial charge in [-0.2, -0.15) is 0 Å². The highest BCUT2D eigenvalue weighted by Gasteiger charge is 2.18. The van der Waals surface area contributed by atoms with E-state index >= 15 is 0 Å². The number of carbonyl (C=O) groups is 3. The topological polar surface area (TPSA) is 115 Å². The van der Waals surface area contributed by atoms with Crippen molar-refractivity contribution in [2.45, 2.75) is 26.3 Å². The van der Waals surface area contributed by atoms with Crippen molar-refractivity contribution in [3.05, 3.63) is 45.3 Å². The lowest BCUT2D eigenvalue weighted by molar-refractivity contribution is -0.130. The summed E-state index contributed by atoms with van der Waals surface area (Å²) in [5, 5.41) is 5.63. The van der Waals surface area contributed by atoms with E-state index in [0.717, 1.165) is 12.5 Å². The van der Waals surface area contributed by atoms with Crippen LogP contribution in [-0.2, 0) is 14.3 Å². The van der Waals surface area contributed by atoms with Gasteiger partial charge in [0.25, 0.3) is 5.91 Å². The zero-order valence-corrected chi connectivity index (χ0v) is 15.6. The lowest BCUT2D eigenvalue weighted by Gasteiger charge is -2.13. The van der Waals surface area contributed by atoms with E-state index in [4.69, 9.17) is 20.8 Å². The standard InChI is InChI=1S/C18H19ClN2O6/c1-3-6-20-17(24)10(2)21-16(23)9-26-18(25)15-8-13(22)12-7-11(19)4-5-14(12)27-15/h4-5,7-8,10H,3,6,9H2,1-2H3,(H,20,24)(H,21,23)/t10-/m0/s1. The molecule has 0 aliphatic carbocycles. The quantitative estimate of drug-likeness (QED) is 0.690. The second kappa shape index (κ2) is 9.18. The van der Waals surface area contributed by atoms with Crippen molar-refractivity contribution in [1.82, 2.24) is 10.6 Å². The van der Waals surface area contributed by atoms with Gasteiger partial charge in [-0.05, 0) is 31.5 Å². The molecule has 0 bridgehead atoms. The van der Waals surface area contributed by atoms with Gasteiger partial charge in [-0.1, -0.05) is 18.5 Å². The molecule has 0 radical (unpaired) electrons. The summed E-state index contributed by atoms with van der Waals surface area (Å²) in [6, 6.07) is 4.60. The predicted octanol–water partition coefficient (Wildman–Crippen LogP) is 1.63. The lowest BCUT2D eigenvalue weighted by atomic mass is 10.2. The van der Waals surface area contributed by atoms with E-state index in [0.29, 0.717) is 11.6 Å². The van der Waals surface area contributed by atoms with Crippen LogP contribution in [0.4, 0.5) is 0 Å². The molecule has 1 heterocycles. The molecular weight excluding hydrogens is 376 g/mol. The molecule has 27 heavy (non-hydrogen) atoms. The second-order valence-corrected chi connectivity index (χ2v) is 6.21. The molecule has 2 rings (SSSR count). The van der Waals surface area contributed by atoms with Crippen molar-refractivity contribution in [3.8, 4) is 0 Å². The number of nitrogens with one attached hydrogen (secondary N) is 2. The van der Waals surface area contributed by atoms with Crippen molar-refractivity contribution in [1.29, 1.82) is 0 Å². The first-order chi connectivity index (χ1) is 12.8. The molecule has 1 aromatic carbocycles. The van der Waals surface area contributed by atoms with E-state index in [1.165, 1.54) is 25.1 Å². The third-order valence-corrected chi connectivity index (χ3v) is 3.78. The van der Waals surface area contributed by atoms with Gasteiger partial charge in [0.1, 0.15) is 11.6 Å². The maximum absolute atomic E-state index is 12.1. The van der Waals surface area contributed by atoms with Crippen LogP contribution in [0, 0.1) is 0 Å². The first kappa shape index (κ1) is 20.4. The van der Waals surface area contributed by atoms with Crippen LogP contribution in [0.3, 0.4) is 0 Å². The minimum atomic E-state index is -0.970. The Morgan fingerprint density at radius 1 is 1.26 bits per heavy atom. The third kappa shape index (κ3) is 5.55. The SMILES string of the molecule is CCCNC(=O)[C@H](C)NC(=O)COC(=O)c1cc(=O)c2cc(Cl)ccc2o1. The van der Waals surface area contributed by atoms with E-state index < -0.39 is 30.0 Å². The second-order valence-electron chi connectivity index (χ2n) is 5.77. The van der Waals surface area contributed by atoms with E-state index in [9.17, 15) is 19.2 Å². The Labute approximate surface area is 159 Å². The van der Waals surface area contributed by atoms with Gasteiger partial charge >= 0.3 is 5.97 Å². The van der Waals surface area contributed by atoms with Gasteiger partial charge in [-0.15, -0.1) is 0 Å². The Bertz CT molecular complexity index is 924. The number of hydrogen-bond donors (Lipinski definition) is 2. The first-order valence-electron chi connectivity index (χ1n) is 8.29. The summed E-state index contributed by atoms with van der Waals surface area (Å²) >= 11 is 5.82. The highest BCUT2D eigenvalue weighted by atomic mass is 35.5. The van der Waals surface area contributed by atoms with E-state index in [1.807, 2.05) is 6.92 Å². The van der Waals surface area contributed by atoms with Gasteiger partial charge in [0.2, 0.25) is 11.7 Å². The van der Waals surface area contributed by atoms with Gasteiger partial charge in [-0.25, -0.2) is 4.79 Å². The molecule has 0 unspecified atom stereocenters. The van der Waals surface area contributed by atoms with Crippen LogP contribution in [-0.4, -0.2) is 37.0 Å². The molecule has 0 aliphatic heterocycles. The number of amides is 2. The van der Waals surface area contributed by atoms with Crippen LogP contribution < -0.4 is 16.1 Å². The number of hydrogen-bond acceptors (Lipinski definition) is 6. The molecule has 144 valence electrons. The molecule has 0 saturated heterocycles. The highest BCUT2D eigenvalue weighted by Crippen LogP contribution is 2.17. The van der Waals surface area contributed by atoms with Crippen molar-refractivity contribution in [3.63, 3.8) is 0 Å². The predicted molar refractivity (Wildman–Crippen MR) is 98.7 cm³/mol. The van der Waals surface area contributed by atoms with Crippen LogP contribution in [0.1, 0.15) is 30.8 Å². The van der Waals surface area contributed by atoms with Crippen molar-refractivity contribution >= 4 is 40.4 Å².